The van der Waals surface area contributed by atoms with E-state index in [1.807, 2.05) is 24.3 Å². The normalized spacial score (nSPS) is 13.8. The molecule has 2 aromatic carbocycles. The van der Waals surface area contributed by atoms with Crippen LogP contribution in [0.3, 0.4) is 0 Å². The molecule has 1 aliphatic carbocycles. The third-order valence-corrected chi connectivity index (χ3v) is 5.28. The Morgan fingerprint density at radius 2 is 2.00 bits per heavy atom. The summed E-state index contributed by atoms with van der Waals surface area (Å²) in [6.07, 6.45) is 1.44. The first-order valence-corrected chi connectivity index (χ1v) is 9.69. The minimum Gasteiger partial charge on any atom is -0.449 e. The fraction of sp³-hybridized carbons (Fsp3) is 0.227. The lowest BCUT2D eigenvalue weighted by atomic mass is 10.0. The average molecular weight is 413 g/mol. The first-order valence-electron chi connectivity index (χ1n) is 9.31. The number of aromatic nitrogens is 1. The highest BCUT2D eigenvalue weighted by atomic mass is 35.5. The first-order chi connectivity index (χ1) is 13.9. The second kappa shape index (κ2) is 7.79. The number of aryl methyl sites for hydroxylation is 1. The van der Waals surface area contributed by atoms with Crippen molar-refractivity contribution in [3.8, 4) is 0 Å². The van der Waals surface area contributed by atoms with Crippen LogP contribution < -0.4 is 5.32 Å². The molecule has 1 aromatic heterocycles. The molecule has 1 aliphatic rings. The van der Waals surface area contributed by atoms with Crippen LogP contribution >= 0.6 is 11.6 Å². The number of halogens is 2. The SMILES string of the molecule is C[C@H](OC(=O)c1c2c(nc3ccccc13)CCC2)C(=O)Nc1ccc(F)cc1Cl. The van der Waals surface area contributed by atoms with Gasteiger partial charge in [-0.15, -0.1) is 0 Å². The quantitative estimate of drug-likeness (QED) is 0.630. The first kappa shape index (κ1) is 19.3. The molecule has 0 aliphatic heterocycles. The standard InChI is InChI=1S/C22H18ClFN2O3/c1-12(21(27)26-19-10-9-13(24)11-16(19)23)29-22(28)20-14-5-2-3-7-17(14)25-18-8-4-6-15(18)20/h2-3,5,7,9-12H,4,6,8H2,1H3,(H,26,27)/t12-/m0/s1. The largest absolute Gasteiger partial charge is 0.449 e. The van der Waals surface area contributed by atoms with E-state index in [1.54, 1.807) is 0 Å². The summed E-state index contributed by atoms with van der Waals surface area (Å²) in [5.41, 5.74) is 3.25. The van der Waals surface area contributed by atoms with Gasteiger partial charge in [0.15, 0.2) is 6.10 Å². The molecule has 0 radical (unpaired) electrons. The number of fused-ring (bicyclic) bond motifs is 2. The van der Waals surface area contributed by atoms with E-state index in [0.717, 1.165) is 42.1 Å². The molecule has 0 saturated heterocycles. The Morgan fingerprint density at radius 1 is 1.21 bits per heavy atom. The smallest absolute Gasteiger partial charge is 0.339 e. The summed E-state index contributed by atoms with van der Waals surface area (Å²) in [7, 11) is 0. The predicted octanol–water partition coefficient (Wildman–Crippen LogP) is 4.70. The van der Waals surface area contributed by atoms with Crippen molar-refractivity contribution in [1.82, 2.24) is 4.98 Å². The maximum Gasteiger partial charge on any atom is 0.339 e. The molecule has 1 heterocycles. The zero-order chi connectivity index (χ0) is 20.5. The summed E-state index contributed by atoms with van der Waals surface area (Å²) < 4.78 is 18.6. The third kappa shape index (κ3) is 3.80. The molecule has 1 atom stereocenters. The Hall–Kier alpha value is -2.99. The Bertz CT molecular complexity index is 1130. The van der Waals surface area contributed by atoms with Crippen molar-refractivity contribution < 1.29 is 18.7 Å². The van der Waals surface area contributed by atoms with E-state index < -0.39 is 23.8 Å². The van der Waals surface area contributed by atoms with Gasteiger partial charge in [0, 0.05) is 11.1 Å². The Labute approximate surface area is 171 Å². The molecule has 0 spiro atoms. The zero-order valence-corrected chi connectivity index (χ0v) is 16.4. The lowest BCUT2D eigenvalue weighted by Gasteiger charge is -2.16. The predicted molar refractivity (Wildman–Crippen MR) is 109 cm³/mol. The molecule has 0 saturated carbocycles. The second-order valence-corrected chi connectivity index (χ2v) is 7.35. The van der Waals surface area contributed by atoms with Crippen LogP contribution in [0, 0.1) is 5.82 Å². The number of esters is 1. The van der Waals surface area contributed by atoms with Gasteiger partial charge in [-0.3, -0.25) is 9.78 Å². The molecule has 0 fully saturated rings. The van der Waals surface area contributed by atoms with Crippen LogP contribution in [0.25, 0.3) is 10.9 Å². The van der Waals surface area contributed by atoms with Crippen LogP contribution in [0.5, 0.6) is 0 Å². The van der Waals surface area contributed by atoms with Crippen molar-refractivity contribution in [3.05, 3.63) is 70.1 Å². The number of hydrogen-bond donors (Lipinski definition) is 1. The van der Waals surface area contributed by atoms with Gasteiger partial charge >= 0.3 is 5.97 Å². The molecule has 3 aromatic rings. The highest BCUT2D eigenvalue weighted by molar-refractivity contribution is 6.33. The molecule has 1 amide bonds. The Kier molecular flexibility index (Phi) is 5.20. The van der Waals surface area contributed by atoms with Crippen LogP contribution in [0.15, 0.2) is 42.5 Å². The second-order valence-electron chi connectivity index (χ2n) is 6.94. The van der Waals surface area contributed by atoms with E-state index >= 15 is 0 Å². The Balaban J connectivity index is 1.57. The summed E-state index contributed by atoms with van der Waals surface area (Å²) in [5, 5.41) is 3.34. The topological polar surface area (TPSA) is 68.3 Å². The van der Waals surface area contributed by atoms with Gasteiger partial charge in [-0.05, 0) is 56.0 Å². The lowest BCUT2D eigenvalue weighted by Crippen LogP contribution is -2.30. The lowest BCUT2D eigenvalue weighted by molar-refractivity contribution is -0.123. The number of amides is 1. The fourth-order valence-electron chi connectivity index (χ4n) is 3.54. The molecule has 148 valence electrons. The van der Waals surface area contributed by atoms with Crippen LogP contribution in [0.4, 0.5) is 10.1 Å². The fourth-order valence-corrected chi connectivity index (χ4v) is 3.76. The molecule has 1 N–H and O–H groups in total. The van der Waals surface area contributed by atoms with Crippen molar-refractivity contribution >= 4 is 40.1 Å². The minimum atomic E-state index is -1.06. The third-order valence-electron chi connectivity index (χ3n) is 4.97. The summed E-state index contributed by atoms with van der Waals surface area (Å²) in [4.78, 5) is 30.1. The number of nitrogens with zero attached hydrogens (tertiary/aromatic N) is 1. The summed E-state index contributed by atoms with van der Waals surface area (Å²) in [5.74, 6) is -1.62. The van der Waals surface area contributed by atoms with Crippen molar-refractivity contribution in [2.75, 3.05) is 5.32 Å². The molecule has 0 bridgehead atoms. The number of anilines is 1. The van der Waals surface area contributed by atoms with Crippen molar-refractivity contribution in [2.45, 2.75) is 32.3 Å². The van der Waals surface area contributed by atoms with Crippen molar-refractivity contribution in [3.63, 3.8) is 0 Å². The van der Waals surface area contributed by atoms with Gasteiger partial charge in [-0.2, -0.15) is 0 Å². The van der Waals surface area contributed by atoms with Gasteiger partial charge in [0.25, 0.3) is 5.91 Å². The van der Waals surface area contributed by atoms with E-state index in [2.05, 4.69) is 10.3 Å². The number of pyridine rings is 1. The summed E-state index contributed by atoms with van der Waals surface area (Å²) in [6, 6.07) is 11.0. The van der Waals surface area contributed by atoms with Crippen molar-refractivity contribution in [2.24, 2.45) is 0 Å². The van der Waals surface area contributed by atoms with E-state index in [9.17, 15) is 14.0 Å². The molecule has 5 nitrogen and oxygen atoms in total. The number of carbonyl (C=O) groups excluding carboxylic acids is 2. The minimum absolute atomic E-state index is 0.0647. The van der Waals surface area contributed by atoms with Gasteiger partial charge in [-0.1, -0.05) is 29.8 Å². The number of rotatable bonds is 4. The van der Waals surface area contributed by atoms with Gasteiger partial charge in [-0.25, -0.2) is 9.18 Å². The van der Waals surface area contributed by atoms with Crippen molar-refractivity contribution in [1.29, 1.82) is 0 Å². The molecule has 4 rings (SSSR count). The number of benzene rings is 2. The number of ether oxygens (including phenoxy) is 1. The monoisotopic (exact) mass is 412 g/mol. The number of carbonyl (C=O) groups is 2. The van der Waals surface area contributed by atoms with Crippen LogP contribution in [0.1, 0.15) is 35.0 Å². The van der Waals surface area contributed by atoms with Crippen LogP contribution in [-0.2, 0) is 22.4 Å². The highest BCUT2D eigenvalue weighted by Gasteiger charge is 2.27. The molecule has 7 heteroatoms. The van der Waals surface area contributed by atoms with Gasteiger partial charge in [0.05, 0.1) is 21.8 Å². The average Bonchev–Trinajstić information content (AvgIpc) is 3.15. The van der Waals surface area contributed by atoms with E-state index in [0.29, 0.717) is 10.9 Å². The maximum absolute atomic E-state index is 13.2. The number of nitrogens with one attached hydrogen (secondary N) is 1. The molecule has 0 unspecified atom stereocenters. The molecule has 29 heavy (non-hydrogen) atoms. The van der Waals surface area contributed by atoms with Crippen LogP contribution in [-0.4, -0.2) is 23.0 Å². The van der Waals surface area contributed by atoms with E-state index in [1.165, 1.54) is 19.1 Å². The van der Waals surface area contributed by atoms with E-state index in [-0.39, 0.29) is 10.7 Å². The van der Waals surface area contributed by atoms with E-state index in [4.69, 9.17) is 16.3 Å². The Morgan fingerprint density at radius 3 is 2.79 bits per heavy atom. The number of para-hydroxylation sites is 1. The number of hydrogen-bond acceptors (Lipinski definition) is 4. The van der Waals surface area contributed by atoms with Gasteiger partial charge in [0.2, 0.25) is 0 Å². The van der Waals surface area contributed by atoms with Gasteiger partial charge < -0.3 is 10.1 Å². The summed E-state index contributed by atoms with van der Waals surface area (Å²) >= 11 is 5.94. The molecular weight excluding hydrogens is 395 g/mol. The van der Waals surface area contributed by atoms with Gasteiger partial charge in [0.1, 0.15) is 5.82 Å². The molecular formula is C22H18ClFN2O3. The maximum atomic E-state index is 13.2. The summed E-state index contributed by atoms with van der Waals surface area (Å²) in [6.45, 7) is 1.48. The van der Waals surface area contributed by atoms with Crippen LogP contribution in [0.2, 0.25) is 5.02 Å². The highest BCUT2D eigenvalue weighted by Crippen LogP contribution is 2.31. The zero-order valence-electron chi connectivity index (χ0n) is 15.7.